The molecule has 0 bridgehead atoms. The van der Waals surface area contributed by atoms with E-state index in [0.29, 0.717) is 5.41 Å². The van der Waals surface area contributed by atoms with Gasteiger partial charge in [-0.25, -0.2) is 0 Å². The Morgan fingerprint density at radius 1 is 1.05 bits per heavy atom. The second kappa shape index (κ2) is 9.84. The van der Waals surface area contributed by atoms with E-state index in [1.165, 1.54) is 71.1 Å². The Hall–Kier alpha value is -0.0800. The van der Waals surface area contributed by atoms with Crippen LogP contribution in [0, 0.1) is 11.3 Å². The Kier molecular flexibility index (Phi) is 8.89. The Bertz CT molecular complexity index is 252. The summed E-state index contributed by atoms with van der Waals surface area (Å²) < 4.78 is 0. The van der Waals surface area contributed by atoms with Crippen molar-refractivity contribution in [2.24, 2.45) is 11.3 Å². The fourth-order valence-corrected chi connectivity index (χ4v) is 4.09. The van der Waals surface area contributed by atoms with Crippen LogP contribution in [0.3, 0.4) is 0 Å². The fraction of sp³-hybridized carbons (Fsp3) is 1.00. The lowest BCUT2D eigenvalue weighted by Crippen LogP contribution is -2.47. The maximum Gasteiger partial charge on any atom is 0.00903 e. The van der Waals surface area contributed by atoms with Gasteiger partial charge in [-0.05, 0) is 50.0 Å². The van der Waals surface area contributed by atoms with Crippen LogP contribution in [0.4, 0.5) is 0 Å². The summed E-state index contributed by atoms with van der Waals surface area (Å²) in [6, 6.07) is 0.774. The van der Waals surface area contributed by atoms with Crippen LogP contribution in [0.15, 0.2) is 0 Å². The molecule has 1 fully saturated rings. The van der Waals surface area contributed by atoms with Crippen molar-refractivity contribution in [1.82, 2.24) is 10.2 Å². The van der Waals surface area contributed by atoms with E-state index in [9.17, 15) is 0 Å². The summed E-state index contributed by atoms with van der Waals surface area (Å²) in [5.74, 6) is 0.771. The Morgan fingerprint density at radius 3 is 2.14 bits per heavy atom. The summed E-state index contributed by atoms with van der Waals surface area (Å²) in [5, 5.41) is 3.72. The maximum atomic E-state index is 3.72. The van der Waals surface area contributed by atoms with Crippen molar-refractivity contribution in [3.05, 3.63) is 0 Å². The minimum absolute atomic E-state index is 0.548. The predicted molar refractivity (Wildman–Crippen MR) is 94.8 cm³/mol. The highest BCUT2D eigenvalue weighted by Gasteiger charge is 2.36. The van der Waals surface area contributed by atoms with E-state index in [0.717, 1.165) is 12.0 Å². The van der Waals surface area contributed by atoms with Crippen molar-refractivity contribution in [2.75, 3.05) is 26.2 Å². The zero-order valence-electron chi connectivity index (χ0n) is 15.4. The molecule has 1 saturated carbocycles. The molecular formula is C19H40N2. The van der Waals surface area contributed by atoms with E-state index < -0.39 is 0 Å². The molecule has 0 spiro atoms. The van der Waals surface area contributed by atoms with E-state index in [4.69, 9.17) is 0 Å². The summed E-state index contributed by atoms with van der Waals surface area (Å²) in [4.78, 5) is 2.82. The summed E-state index contributed by atoms with van der Waals surface area (Å²) in [6.07, 6.45) is 9.57. The molecule has 2 heteroatoms. The van der Waals surface area contributed by atoms with Crippen LogP contribution in [0.1, 0.15) is 79.6 Å². The Morgan fingerprint density at radius 2 is 1.67 bits per heavy atom. The molecule has 0 radical (unpaired) electrons. The smallest absolute Gasteiger partial charge is 0.00903 e. The van der Waals surface area contributed by atoms with Gasteiger partial charge in [0.25, 0.3) is 0 Å². The van der Waals surface area contributed by atoms with Crippen LogP contribution < -0.4 is 5.32 Å². The minimum Gasteiger partial charge on any atom is -0.316 e. The molecule has 0 heterocycles. The minimum atomic E-state index is 0.548. The molecule has 1 N–H and O–H groups in total. The highest BCUT2D eigenvalue weighted by Crippen LogP contribution is 2.39. The van der Waals surface area contributed by atoms with Crippen LogP contribution >= 0.6 is 0 Å². The monoisotopic (exact) mass is 296 g/mol. The Labute approximate surface area is 134 Å². The van der Waals surface area contributed by atoms with Gasteiger partial charge in [0.1, 0.15) is 0 Å². The molecule has 0 aromatic rings. The standard InChI is InChI=1S/C19H40N2/c1-6-13-20-15-19(11-9-10-12-19)16-21(14-17(4)5)18(7-2)8-3/h17-18,20H,6-16H2,1-5H3. The number of hydrogen-bond acceptors (Lipinski definition) is 2. The van der Waals surface area contributed by atoms with Crippen molar-refractivity contribution in [3.8, 4) is 0 Å². The molecule has 0 aliphatic heterocycles. The van der Waals surface area contributed by atoms with Gasteiger partial charge in [0.15, 0.2) is 0 Å². The molecule has 0 saturated heterocycles. The van der Waals surface area contributed by atoms with Crippen molar-refractivity contribution >= 4 is 0 Å². The average Bonchev–Trinajstić information content (AvgIpc) is 2.88. The van der Waals surface area contributed by atoms with Crippen LogP contribution in [0.5, 0.6) is 0 Å². The second-order valence-corrected chi connectivity index (χ2v) is 7.68. The lowest BCUT2D eigenvalue weighted by molar-refractivity contribution is 0.0916. The van der Waals surface area contributed by atoms with Gasteiger partial charge in [0.2, 0.25) is 0 Å². The van der Waals surface area contributed by atoms with Crippen molar-refractivity contribution in [1.29, 1.82) is 0 Å². The lowest BCUT2D eigenvalue weighted by Gasteiger charge is -2.40. The molecule has 1 aliphatic carbocycles. The summed E-state index contributed by atoms with van der Waals surface area (Å²) in [7, 11) is 0. The maximum absolute atomic E-state index is 3.72. The highest BCUT2D eigenvalue weighted by atomic mass is 15.2. The van der Waals surface area contributed by atoms with Gasteiger partial charge in [-0.2, -0.15) is 0 Å². The normalized spacial score (nSPS) is 18.3. The third kappa shape index (κ3) is 6.28. The molecule has 0 atom stereocenters. The number of rotatable bonds is 11. The molecular weight excluding hydrogens is 256 g/mol. The van der Waals surface area contributed by atoms with Gasteiger partial charge >= 0.3 is 0 Å². The largest absolute Gasteiger partial charge is 0.316 e. The first-order chi connectivity index (χ1) is 10.1. The Balaban J connectivity index is 2.70. The van der Waals surface area contributed by atoms with Crippen molar-refractivity contribution in [3.63, 3.8) is 0 Å². The zero-order valence-corrected chi connectivity index (χ0v) is 15.4. The van der Waals surface area contributed by atoms with E-state index in [1.807, 2.05) is 0 Å². The topological polar surface area (TPSA) is 15.3 Å². The van der Waals surface area contributed by atoms with E-state index in [-0.39, 0.29) is 0 Å². The van der Waals surface area contributed by atoms with Gasteiger partial charge in [-0.15, -0.1) is 0 Å². The third-order valence-corrected chi connectivity index (χ3v) is 5.19. The summed E-state index contributed by atoms with van der Waals surface area (Å²) >= 11 is 0. The first kappa shape index (κ1) is 19.0. The second-order valence-electron chi connectivity index (χ2n) is 7.68. The van der Waals surface area contributed by atoms with Gasteiger partial charge in [0, 0.05) is 25.7 Å². The number of hydrogen-bond donors (Lipinski definition) is 1. The van der Waals surface area contributed by atoms with Crippen LogP contribution in [-0.4, -0.2) is 37.1 Å². The quantitative estimate of drug-likeness (QED) is 0.556. The summed E-state index contributed by atoms with van der Waals surface area (Å²) in [5.41, 5.74) is 0.548. The molecule has 0 unspecified atom stereocenters. The molecule has 1 aliphatic rings. The number of nitrogens with zero attached hydrogens (tertiary/aromatic N) is 1. The van der Waals surface area contributed by atoms with Crippen LogP contribution in [0.2, 0.25) is 0 Å². The van der Waals surface area contributed by atoms with Gasteiger partial charge in [-0.1, -0.05) is 47.5 Å². The first-order valence-corrected chi connectivity index (χ1v) is 9.51. The predicted octanol–water partition coefficient (Wildman–Crippen LogP) is 4.69. The fourth-order valence-electron chi connectivity index (χ4n) is 4.09. The first-order valence-electron chi connectivity index (χ1n) is 9.51. The molecule has 126 valence electrons. The third-order valence-electron chi connectivity index (χ3n) is 5.19. The van der Waals surface area contributed by atoms with Gasteiger partial charge in [-0.3, -0.25) is 4.90 Å². The molecule has 1 rings (SSSR count). The molecule has 0 aromatic carbocycles. The van der Waals surface area contributed by atoms with E-state index in [2.05, 4.69) is 44.8 Å². The number of nitrogens with one attached hydrogen (secondary N) is 1. The van der Waals surface area contributed by atoms with E-state index >= 15 is 0 Å². The highest BCUT2D eigenvalue weighted by molar-refractivity contribution is 4.91. The van der Waals surface area contributed by atoms with Crippen LogP contribution in [-0.2, 0) is 0 Å². The van der Waals surface area contributed by atoms with Crippen molar-refractivity contribution < 1.29 is 0 Å². The summed E-state index contributed by atoms with van der Waals surface area (Å²) in [6.45, 7) is 16.7. The molecule has 0 amide bonds. The zero-order chi connectivity index (χ0) is 15.7. The van der Waals surface area contributed by atoms with Crippen molar-refractivity contribution in [2.45, 2.75) is 85.6 Å². The molecule has 0 aromatic heterocycles. The molecule has 21 heavy (non-hydrogen) atoms. The van der Waals surface area contributed by atoms with Crippen LogP contribution in [0.25, 0.3) is 0 Å². The SMILES string of the molecule is CCCNCC1(CN(CC(C)C)C(CC)CC)CCCC1. The average molecular weight is 297 g/mol. The molecule has 2 nitrogen and oxygen atoms in total. The van der Waals surface area contributed by atoms with E-state index in [1.54, 1.807) is 0 Å². The van der Waals surface area contributed by atoms with Gasteiger partial charge < -0.3 is 5.32 Å². The lowest BCUT2D eigenvalue weighted by atomic mass is 9.84. The van der Waals surface area contributed by atoms with Gasteiger partial charge in [0.05, 0.1) is 0 Å².